The topological polar surface area (TPSA) is 36.3 Å². The minimum Gasteiger partial charge on any atom is -0.493 e. The Bertz CT molecular complexity index is 540. The summed E-state index contributed by atoms with van der Waals surface area (Å²) in [5.41, 5.74) is 2.16. The van der Waals surface area contributed by atoms with Gasteiger partial charge in [-0.25, -0.2) is 0 Å². The van der Waals surface area contributed by atoms with E-state index in [0.717, 1.165) is 29.0 Å². The first kappa shape index (κ1) is 13.7. The SMILES string of the molecule is COc1ccc(CCl)cc1OCCc1cnn(C)c1. The van der Waals surface area contributed by atoms with Gasteiger partial charge in [0.1, 0.15) is 0 Å². The van der Waals surface area contributed by atoms with Gasteiger partial charge in [0.05, 0.1) is 19.9 Å². The first-order chi connectivity index (χ1) is 9.22. The molecule has 0 N–H and O–H groups in total. The molecule has 1 aromatic heterocycles. The average Bonchev–Trinajstić information content (AvgIpc) is 2.84. The van der Waals surface area contributed by atoms with E-state index in [1.165, 1.54) is 0 Å². The summed E-state index contributed by atoms with van der Waals surface area (Å²) in [5, 5.41) is 4.12. The number of alkyl halides is 1. The Morgan fingerprint density at radius 1 is 1.26 bits per heavy atom. The van der Waals surface area contributed by atoms with Crippen molar-refractivity contribution in [3.05, 3.63) is 41.7 Å². The van der Waals surface area contributed by atoms with Crippen molar-refractivity contribution in [3.63, 3.8) is 0 Å². The van der Waals surface area contributed by atoms with E-state index in [9.17, 15) is 0 Å². The monoisotopic (exact) mass is 280 g/mol. The molecule has 0 aliphatic rings. The molecular formula is C14H17ClN2O2. The number of aryl methyl sites for hydroxylation is 1. The fraction of sp³-hybridized carbons (Fsp3) is 0.357. The average molecular weight is 281 g/mol. The van der Waals surface area contributed by atoms with Crippen molar-refractivity contribution in [2.24, 2.45) is 7.05 Å². The van der Waals surface area contributed by atoms with E-state index in [-0.39, 0.29) is 0 Å². The number of nitrogens with zero attached hydrogens (tertiary/aromatic N) is 2. The van der Waals surface area contributed by atoms with Crippen molar-refractivity contribution in [2.45, 2.75) is 12.3 Å². The number of hydrogen-bond donors (Lipinski definition) is 0. The summed E-state index contributed by atoms with van der Waals surface area (Å²) in [4.78, 5) is 0. The third kappa shape index (κ3) is 3.64. The molecule has 102 valence electrons. The maximum absolute atomic E-state index is 5.82. The first-order valence-corrected chi connectivity index (χ1v) is 6.59. The summed E-state index contributed by atoms with van der Waals surface area (Å²) in [6.45, 7) is 0.577. The summed E-state index contributed by atoms with van der Waals surface area (Å²) >= 11 is 5.82. The third-order valence-corrected chi connectivity index (χ3v) is 3.10. The Morgan fingerprint density at radius 2 is 2.11 bits per heavy atom. The van der Waals surface area contributed by atoms with E-state index in [0.29, 0.717) is 12.5 Å². The zero-order valence-electron chi connectivity index (χ0n) is 11.1. The molecule has 5 heteroatoms. The molecule has 0 amide bonds. The van der Waals surface area contributed by atoms with Gasteiger partial charge in [0.25, 0.3) is 0 Å². The number of aromatic nitrogens is 2. The molecule has 0 aliphatic heterocycles. The number of rotatable bonds is 6. The second kappa shape index (κ2) is 6.48. The van der Waals surface area contributed by atoms with Crippen LogP contribution < -0.4 is 9.47 Å². The van der Waals surface area contributed by atoms with Crippen LogP contribution >= 0.6 is 11.6 Å². The van der Waals surface area contributed by atoms with E-state index in [1.807, 2.05) is 37.6 Å². The molecule has 0 saturated heterocycles. The Labute approximate surface area is 117 Å². The van der Waals surface area contributed by atoms with E-state index in [4.69, 9.17) is 21.1 Å². The van der Waals surface area contributed by atoms with Crippen LogP contribution in [0, 0.1) is 0 Å². The summed E-state index contributed by atoms with van der Waals surface area (Å²) < 4.78 is 12.8. The van der Waals surface area contributed by atoms with Gasteiger partial charge in [-0.2, -0.15) is 5.10 Å². The van der Waals surface area contributed by atoms with Gasteiger partial charge in [0.2, 0.25) is 0 Å². The van der Waals surface area contributed by atoms with Crippen molar-refractivity contribution in [2.75, 3.05) is 13.7 Å². The normalized spacial score (nSPS) is 10.5. The van der Waals surface area contributed by atoms with Gasteiger partial charge < -0.3 is 9.47 Å². The number of hydrogen-bond acceptors (Lipinski definition) is 3. The molecule has 0 atom stereocenters. The van der Waals surface area contributed by atoms with Gasteiger partial charge in [-0.15, -0.1) is 11.6 Å². The van der Waals surface area contributed by atoms with E-state index >= 15 is 0 Å². The maximum atomic E-state index is 5.82. The number of ether oxygens (including phenoxy) is 2. The molecule has 2 aromatic rings. The molecule has 1 aromatic carbocycles. The highest BCUT2D eigenvalue weighted by Gasteiger charge is 2.06. The van der Waals surface area contributed by atoms with Crippen molar-refractivity contribution in [3.8, 4) is 11.5 Å². The molecule has 19 heavy (non-hydrogen) atoms. The lowest BCUT2D eigenvalue weighted by Gasteiger charge is -2.11. The molecule has 0 fully saturated rings. The van der Waals surface area contributed by atoms with Crippen molar-refractivity contribution in [1.29, 1.82) is 0 Å². The van der Waals surface area contributed by atoms with Crippen LogP contribution in [-0.4, -0.2) is 23.5 Å². The summed E-state index contributed by atoms with van der Waals surface area (Å²) in [6.07, 6.45) is 4.63. The Hall–Kier alpha value is -1.68. The van der Waals surface area contributed by atoms with Gasteiger partial charge >= 0.3 is 0 Å². The number of halogens is 1. The molecule has 0 bridgehead atoms. The zero-order chi connectivity index (χ0) is 13.7. The summed E-state index contributed by atoms with van der Waals surface area (Å²) in [5.74, 6) is 1.91. The predicted octanol–water partition coefficient (Wildman–Crippen LogP) is 2.79. The molecule has 0 saturated carbocycles. The fourth-order valence-corrected chi connectivity index (χ4v) is 1.96. The van der Waals surface area contributed by atoms with Crippen LogP contribution in [0.5, 0.6) is 11.5 Å². The van der Waals surface area contributed by atoms with Crippen LogP contribution in [0.25, 0.3) is 0 Å². The lowest BCUT2D eigenvalue weighted by atomic mass is 10.2. The fourth-order valence-electron chi connectivity index (χ4n) is 1.80. The predicted molar refractivity (Wildman–Crippen MR) is 75.0 cm³/mol. The number of methoxy groups -OCH3 is 1. The molecule has 1 heterocycles. The van der Waals surface area contributed by atoms with Crippen LogP contribution in [0.1, 0.15) is 11.1 Å². The van der Waals surface area contributed by atoms with E-state index in [1.54, 1.807) is 11.8 Å². The second-order valence-electron chi connectivity index (χ2n) is 4.24. The van der Waals surface area contributed by atoms with Crippen LogP contribution in [0.2, 0.25) is 0 Å². The highest BCUT2D eigenvalue weighted by Crippen LogP contribution is 2.28. The largest absolute Gasteiger partial charge is 0.493 e. The Morgan fingerprint density at radius 3 is 2.74 bits per heavy atom. The molecule has 2 rings (SSSR count). The van der Waals surface area contributed by atoms with Gasteiger partial charge in [-0.05, 0) is 23.3 Å². The first-order valence-electron chi connectivity index (χ1n) is 6.06. The minimum atomic E-state index is 0.461. The van der Waals surface area contributed by atoms with Crippen LogP contribution in [-0.2, 0) is 19.3 Å². The Kier molecular flexibility index (Phi) is 4.68. The smallest absolute Gasteiger partial charge is 0.161 e. The third-order valence-electron chi connectivity index (χ3n) is 2.79. The van der Waals surface area contributed by atoms with E-state index in [2.05, 4.69) is 5.10 Å². The van der Waals surface area contributed by atoms with Crippen LogP contribution in [0.4, 0.5) is 0 Å². The highest BCUT2D eigenvalue weighted by atomic mass is 35.5. The van der Waals surface area contributed by atoms with Crippen LogP contribution in [0.3, 0.4) is 0 Å². The standard InChI is InChI=1S/C14H17ClN2O2/c1-17-10-12(9-16-17)5-6-19-14-7-11(8-15)3-4-13(14)18-2/h3-4,7,9-10H,5-6,8H2,1-2H3. The minimum absolute atomic E-state index is 0.461. The van der Waals surface area contributed by atoms with Crippen LogP contribution in [0.15, 0.2) is 30.6 Å². The lowest BCUT2D eigenvalue weighted by Crippen LogP contribution is -2.02. The molecule has 0 unspecified atom stereocenters. The van der Waals surface area contributed by atoms with Gasteiger partial charge in [-0.3, -0.25) is 4.68 Å². The molecule has 0 aliphatic carbocycles. The second-order valence-corrected chi connectivity index (χ2v) is 4.51. The van der Waals surface area contributed by atoms with Crippen molar-refractivity contribution in [1.82, 2.24) is 9.78 Å². The molecule has 4 nitrogen and oxygen atoms in total. The Balaban J connectivity index is 1.98. The summed E-state index contributed by atoms with van der Waals surface area (Å²) in [6, 6.07) is 5.71. The lowest BCUT2D eigenvalue weighted by molar-refractivity contribution is 0.297. The summed E-state index contributed by atoms with van der Waals surface area (Å²) in [7, 11) is 3.53. The molecule has 0 radical (unpaired) electrons. The molecule has 0 spiro atoms. The van der Waals surface area contributed by atoms with Gasteiger partial charge in [0.15, 0.2) is 11.5 Å². The highest BCUT2D eigenvalue weighted by molar-refractivity contribution is 6.17. The van der Waals surface area contributed by atoms with E-state index < -0.39 is 0 Å². The molecular weight excluding hydrogens is 264 g/mol. The quantitative estimate of drug-likeness (QED) is 0.764. The van der Waals surface area contributed by atoms with Gasteiger partial charge in [0, 0.05) is 25.5 Å². The van der Waals surface area contributed by atoms with Crippen molar-refractivity contribution < 1.29 is 9.47 Å². The van der Waals surface area contributed by atoms with Crippen molar-refractivity contribution >= 4 is 11.6 Å². The van der Waals surface area contributed by atoms with Gasteiger partial charge in [-0.1, -0.05) is 6.07 Å². The number of benzene rings is 1. The zero-order valence-corrected chi connectivity index (χ0v) is 11.9. The maximum Gasteiger partial charge on any atom is 0.161 e.